The summed E-state index contributed by atoms with van der Waals surface area (Å²) in [7, 11) is 0. The predicted molar refractivity (Wildman–Crippen MR) is 95.8 cm³/mol. The molecular weight excluding hydrogens is 308 g/mol. The second-order valence-electron chi connectivity index (χ2n) is 6.07. The van der Waals surface area contributed by atoms with Crippen molar-refractivity contribution in [3.8, 4) is 11.4 Å². The minimum Gasteiger partial charge on any atom is -0.356 e. The van der Waals surface area contributed by atoms with Crippen molar-refractivity contribution in [2.24, 2.45) is 11.7 Å². The van der Waals surface area contributed by atoms with E-state index in [2.05, 4.69) is 22.9 Å². The predicted octanol–water partition coefficient (Wildman–Crippen LogP) is 3.53. The maximum absolute atomic E-state index is 6.11. The lowest BCUT2D eigenvalue weighted by atomic mass is 9.97. The molecule has 0 radical (unpaired) electrons. The highest BCUT2D eigenvalue weighted by molar-refractivity contribution is 6.30. The Hall–Kier alpha value is -1.65. The molecule has 0 saturated carbocycles. The number of rotatable bonds is 4. The number of aryl methyl sites for hydroxylation is 1. The third kappa shape index (κ3) is 3.82. The van der Waals surface area contributed by atoms with Crippen molar-refractivity contribution in [3.63, 3.8) is 0 Å². The molecule has 1 aromatic carbocycles. The van der Waals surface area contributed by atoms with Crippen molar-refractivity contribution < 1.29 is 0 Å². The largest absolute Gasteiger partial charge is 0.356 e. The van der Waals surface area contributed by atoms with Crippen LogP contribution in [0.15, 0.2) is 30.3 Å². The average Bonchev–Trinajstić information content (AvgIpc) is 2.61. The van der Waals surface area contributed by atoms with Crippen LogP contribution in [0.5, 0.6) is 0 Å². The Morgan fingerprint density at radius 1 is 1.22 bits per heavy atom. The summed E-state index contributed by atoms with van der Waals surface area (Å²) in [5, 5.41) is 0.707. The fraction of sp³-hybridized carbons (Fsp3) is 0.444. The van der Waals surface area contributed by atoms with Gasteiger partial charge in [-0.15, -0.1) is 0 Å². The van der Waals surface area contributed by atoms with Gasteiger partial charge in [0.2, 0.25) is 0 Å². The van der Waals surface area contributed by atoms with E-state index in [1.54, 1.807) is 0 Å². The Kier molecular flexibility index (Phi) is 5.13. The molecule has 2 aromatic rings. The molecule has 4 nitrogen and oxygen atoms in total. The summed E-state index contributed by atoms with van der Waals surface area (Å²) in [6.45, 7) is 4.92. The number of anilines is 1. The van der Waals surface area contributed by atoms with Gasteiger partial charge in [0.1, 0.15) is 5.82 Å². The molecule has 0 amide bonds. The molecule has 0 unspecified atom stereocenters. The number of hydrogen-bond donors (Lipinski definition) is 1. The van der Waals surface area contributed by atoms with Gasteiger partial charge in [0.05, 0.1) is 0 Å². The Morgan fingerprint density at radius 2 is 2.00 bits per heavy atom. The maximum atomic E-state index is 6.11. The van der Waals surface area contributed by atoms with E-state index < -0.39 is 0 Å². The lowest BCUT2D eigenvalue weighted by molar-refractivity contribution is 0.413. The molecule has 1 aliphatic heterocycles. The summed E-state index contributed by atoms with van der Waals surface area (Å²) in [4.78, 5) is 11.8. The van der Waals surface area contributed by atoms with E-state index in [0.717, 1.165) is 61.8 Å². The standard InChI is InChI=1S/C18H23ClN4/c1-2-16-11-17(23-8-6-13(12-20)7-9-23)22-18(21-16)14-4-3-5-15(19)10-14/h3-5,10-11,13H,2,6-9,12,20H2,1H3. The van der Waals surface area contributed by atoms with E-state index in [4.69, 9.17) is 22.3 Å². The van der Waals surface area contributed by atoms with Crippen LogP contribution < -0.4 is 10.6 Å². The first-order chi connectivity index (χ1) is 11.2. The summed E-state index contributed by atoms with van der Waals surface area (Å²) in [6.07, 6.45) is 3.16. The number of aromatic nitrogens is 2. The van der Waals surface area contributed by atoms with E-state index in [1.165, 1.54) is 0 Å². The van der Waals surface area contributed by atoms with Gasteiger partial charge in [-0.2, -0.15) is 0 Å². The maximum Gasteiger partial charge on any atom is 0.161 e. The third-order valence-corrected chi connectivity index (χ3v) is 4.72. The molecular formula is C18H23ClN4. The van der Waals surface area contributed by atoms with E-state index in [1.807, 2.05) is 24.3 Å². The smallest absolute Gasteiger partial charge is 0.161 e. The van der Waals surface area contributed by atoms with Gasteiger partial charge in [0, 0.05) is 35.4 Å². The van der Waals surface area contributed by atoms with Crippen molar-refractivity contribution in [2.75, 3.05) is 24.5 Å². The van der Waals surface area contributed by atoms with Crippen LogP contribution in [0.2, 0.25) is 5.02 Å². The van der Waals surface area contributed by atoms with E-state index in [0.29, 0.717) is 10.9 Å². The molecule has 5 heteroatoms. The number of nitrogens with zero attached hydrogens (tertiary/aromatic N) is 3. The molecule has 0 spiro atoms. The molecule has 0 aliphatic carbocycles. The highest BCUT2D eigenvalue weighted by Gasteiger charge is 2.20. The Morgan fingerprint density at radius 3 is 2.65 bits per heavy atom. The van der Waals surface area contributed by atoms with Gasteiger partial charge in [-0.1, -0.05) is 30.7 Å². The zero-order valence-corrected chi connectivity index (χ0v) is 14.3. The Labute approximate surface area is 142 Å². The van der Waals surface area contributed by atoms with E-state index in [9.17, 15) is 0 Å². The minimum atomic E-state index is 0.645. The molecule has 23 heavy (non-hydrogen) atoms. The molecule has 1 saturated heterocycles. The fourth-order valence-corrected chi connectivity index (χ4v) is 3.17. The van der Waals surface area contributed by atoms with Crippen LogP contribution in [0.4, 0.5) is 5.82 Å². The van der Waals surface area contributed by atoms with Gasteiger partial charge < -0.3 is 10.6 Å². The quantitative estimate of drug-likeness (QED) is 0.931. The highest BCUT2D eigenvalue weighted by Crippen LogP contribution is 2.26. The van der Waals surface area contributed by atoms with Crippen LogP contribution in [0.1, 0.15) is 25.5 Å². The minimum absolute atomic E-state index is 0.645. The van der Waals surface area contributed by atoms with Crippen LogP contribution in [0, 0.1) is 5.92 Å². The Bertz CT molecular complexity index is 666. The van der Waals surface area contributed by atoms with Gasteiger partial charge in [-0.25, -0.2) is 9.97 Å². The fourth-order valence-electron chi connectivity index (χ4n) is 2.98. The summed E-state index contributed by atoms with van der Waals surface area (Å²) in [5.41, 5.74) is 7.82. The topological polar surface area (TPSA) is 55.0 Å². The lowest BCUT2D eigenvalue weighted by Gasteiger charge is -2.32. The van der Waals surface area contributed by atoms with Crippen LogP contribution >= 0.6 is 11.6 Å². The summed E-state index contributed by atoms with van der Waals surface area (Å²) >= 11 is 6.11. The first-order valence-electron chi connectivity index (χ1n) is 8.28. The van der Waals surface area contributed by atoms with Crippen molar-refractivity contribution in [3.05, 3.63) is 41.0 Å². The van der Waals surface area contributed by atoms with Crippen molar-refractivity contribution in [1.82, 2.24) is 9.97 Å². The monoisotopic (exact) mass is 330 g/mol. The number of halogens is 1. The highest BCUT2D eigenvalue weighted by atomic mass is 35.5. The van der Waals surface area contributed by atoms with E-state index >= 15 is 0 Å². The van der Waals surface area contributed by atoms with E-state index in [-0.39, 0.29) is 0 Å². The molecule has 0 atom stereocenters. The van der Waals surface area contributed by atoms with Crippen LogP contribution in [-0.2, 0) is 6.42 Å². The molecule has 1 fully saturated rings. The average molecular weight is 331 g/mol. The van der Waals surface area contributed by atoms with Crippen LogP contribution in [0.3, 0.4) is 0 Å². The lowest BCUT2D eigenvalue weighted by Crippen LogP contribution is -2.36. The number of hydrogen-bond acceptors (Lipinski definition) is 4. The third-order valence-electron chi connectivity index (χ3n) is 4.48. The zero-order chi connectivity index (χ0) is 16.2. The van der Waals surface area contributed by atoms with Crippen molar-refractivity contribution >= 4 is 17.4 Å². The zero-order valence-electron chi connectivity index (χ0n) is 13.5. The summed E-state index contributed by atoms with van der Waals surface area (Å²) < 4.78 is 0. The number of piperidine rings is 1. The summed E-state index contributed by atoms with van der Waals surface area (Å²) in [5.74, 6) is 2.41. The number of nitrogens with two attached hydrogens (primary N) is 1. The normalized spacial score (nSPS) is 15.9. The molecule has 2 heterocycles. The van der Waals surface area contributed by atoms with Gasteiger partial charge >= 0.3 is 0 Å². The molecule has 2 N–H and O–H groups in total. The molecule has 1 aromatic heterocycles. The van der Waals surface area contributed by atoms with Gasteiger partial charge in [-0.3, -0.25) is 0 Å². The van der Waals surface area contributed by atoms with Crippen molar-refractivity contribution in [1.29, 1.82) is 0 Å². The second kappa shape index (κ2) is 7.28. The van der Waals surface area contributed by atoms with Crippen molar-refractivity contribution in [2.45, 2.75) is 26.2 Å². The molecule has 0 bridgehead atoms. The van der Waals surface area contributed by atoms with Gasteiger partial charge in [-0.05, 0) is 43.9 Å². The second-order valence-corrected chi connectivity index (χ2v) is 6.51. The summed E-state index contributed by atoms with van der Waals surface area (Å²) in [6, 6.07) is 9.84. The first kappa shape index (κ1) is 16.2. The van der Waals surface area contributed by atoms with Crippen LogP contribution in [0.25, 0.3) is 11.4 Å². The number of benzene rings is 1. The first-order valence-corrected chi connectivity index (χ1v) is 8.66. The Balaban J connectivity index is 1.91. The molecule has 122 valence electrons. The SMILES string of the molecule is CCc1cc(N2CCC(CN)CC2)nc(-c2cccc(Cl)c2)n1. The van der Waals surface area contributed by atoms with Crippen LogP contribution in [-0.4, -0.2) is 29.6 Å². The molecule has 1 aliphatic rings. The molecule has 3 rings (SSSR count). The van der Waals surface area contributed by atoms with Gasteiger partial charge in [0.25, 0.3) is 0 Å². The van der Waals surface area contributed by atoms with Gasteiger partial charge in [0.15, 0.2) is 5.82 Å².